The predicted octanol–water partition coefficient (Wildman–Crippen LogP) is 11.4. The van der Waals surface area contributed by atoms with Crippen LogP contribution in [0.5, 0.6) is 0 Å². The van der Waals surface area contributed by atoms with E-state index in [-0.39, 0.29) is 11.3 Å². The van der Waals surface area contributed by atoms with Crippen LogP contribution in [0, 0.1) is 5.92 Å². The Morgan fingerprint density at radius 3 is 2.42 bits per heavy atom. The Bertz CT molecular complexity index is 2010. The highest BCUT2D eigenvalue weighted by molar-refractivity contribution is 5.93. The first-order valence-corrected chi connectivity index (χ1v) is 16.6. The lowest BCUT2D eigenvalue weighted by Crippen LogP contribution is -2.40. The van der Waals surface area contributed by atoms with Gasteiger partial charge in [-0.2, -0.15) is 0 Å². The number of benzene rings is 4. The van der Waals surface area contributed by atoms with Crippen molar-refractivity contribution >= 4 is 28.4 Å². The second-order valence-electron chi connectivity index (χ2n) is 13.0. The molecule has 0 amide bonds. The van der Waals surface area contributed by atoms with E-state index in [9.17, 15) is 0 Å². The van der Waals surface area contributed by atoms with E-state index in [1.807, 2.05) is 0 Å². The Balaban J connectivity index is 1.25. The number of rotatable bonds is 5. The van der Waals surface area contributed by atoms with Gasteiger partial charge in [0, 0.05) is 39.4 Å². The summed E-state index contributed by atoms with van der Waals surface area (Å²) in [5, 5.41) is 1.20. The zero-order chi connectivity index (χ0) is 29.8. The molecule has 0 N–H and O–H groups in total. The molecule has 0 spiro atoms. The van der Waals surface area contributed by atoms with Crippen LogP contribution in [0.25, 0.3) is 17.0 Å². The molecule has 4 aliphatic rings. The molecule has 0 radical (unpaired) electrons. The molecular formula is C43H37NO. The molecule has 0 fully saturated rings. The highest BCUT2D eigenvalue weighted by Crippen LogP contribution is 2.64. The number of nitrogens with zero attached hydrogens (tertiary/aromatic N) is 1. The van der Waals surface area contributed by atoms with Crippen LogP contribution in [0.2, 0.25) is 0 Å². The average Bonchev–Trinajstić information content (AvgIpc) is 3.64. The third kappa shape index (κ3) is 4.01. The number of hydrogen-bond acceptors (Lipinski definition) is 2. The summed E-state index contributed by atoms with van der Waals surface area (Å²) in [6, 6.07) is 38.2. The number of para-hydroxylation sites is 1. The van der Waals surface area contributed by atoms with Crippen molar-refractivity contribution in [1.29, 1.82) is 0 Å². The van der Waals surface area contributed by atoms with Crippen LogP contribution in [0.4, 0.5) is 11.4 Å². The maximum absolute atomic E-state index is 7.02. The summed E-state index contributed by atoms with van der Waals surface area (Å²) in [4.78, 5) is 2.42. The molecule has 220 valence electrons. The molecule has 2 nitrogen and oxygen atoms in total. The summed E-state index contributed by atoms with van der Waals surface area (Å²) in [6.07, 6.45) is 21.8. The van der Waals surface area contributed by atoms with Gasteiger partial charge in [0.1, 0.15) is 11.3 Å². The highest BCUT2D eigenvalue weighted by atomic mass is 16.3. The summed E-state index contributed by atoms with van der Waals surface area (Å²) < 4.78 is 7.02. The van der Waals surface area contributed by atoms with Crippen molar-refractivity contribution in [1.82, 2.24) is 0 Å². The smallest absolute Gasteiger partial charge is 0.135 e. The van der Waals surface area contributed by atoms with E-state index in [0.29, 0.717) is 11.8 Å². The normalized spacial score (nSPS) is 24.6. The molecule has 9 rings (SSSR count). The molecule has 4 atom stereocenters. The predicted molar refractivity (Wildman–Crippen MR) is 186 cm³/mol. The van der Waals surface area contributed by atoms with Crippen molar-refractivity contribution in [2.75, 3.05) is 4.90 Å². The molecule has 45 heavy (non-hydrogen) atoms. The van der Waals surface area contributed by atoms with E-state index < -0.39 is 0 Å². The van der Waals surface area contributed by atoms with E-state index >= 15 is 0 Å². The summed E-state index contributed by atoms with van der Waals surface area (Å²) in [7, 11) is 0. The van der Waals surface area contributed by atoms with Gasteiger partial charge < -0.3 is 9.32 Å². The molecule has 0 saturated carbocycles. The Morgan fingerprint density at radius 2 is 1.58 bits per heavy atom. The van der Waals surface area contributed by atoms with Gasteiger partial charge in [0.2, 0.25) is 0 Å². The van der Waals surface area contributed by atoms with Crippen LogP contribution in [0.3, 0.4) is 0 Å². The molecule has 0 saturated heterocycles. The lowest BCUT2D eigenvalue weighted by Gasteiger charge is -2.45. The van der Waals surface area contributed by atoms with Crippen LogP contribution >= 0.6 is 0 Å². The number of fused-ring (bicyclic) bond motifs is 6. The fourth-order valence-electron chi connectivity index (χ4n) is 9.06. The van der Waals surface area contributed by atoms with Crippen molar-refractivity contribution < 1.29 is 4.42 Å². The third-order valence-corrected chi connectivity index (χ3v) is 10.8. The summed E-state index contributed by atoms with van der Waals surface area (Å²) in [6.45, 7) is 0. The number of anilines is 2. The van der Waals surface area contributed by atoms with Gasteiger partial charge in [-0.25, -0.2) is 0 Å². The summed E-state index contributed by atoms with van der Waals surface area (Å²) in [5.74, 6) is 2.23. The van der Waals surface area contributed by atoms with Gasteiger partial charge >= 0.3 is 0 Å². The second-order valence-corrected chi connectivity index (χ2v) is 13.0. The maximum Gasteiger partial charge on any atom is 0.135 e. The first-order valence-electron chi connectivity index (χ1n) is 16.6. The Morgan fingerprint density at radius 1 is 0.756 bits per heavy atom. The van der Waals surface area contributed by atoms with Crippen LogP contribution in [-0.2, 0) is 5.41 Å². The van der Waals surface area contributed by atoms with Crippen LogP contribution in [-0.4, -0.2) is 0 Å². The summed E-state index contributed by atoms with van der Waals surface area (Å²) in [5.41, 5.74) is 10.1. The van der Waals surface area contributed by atoms with E-state index in [0.717, 1.165) is 37.0 Å². The van der Waals surface area contributed by atoms with E-state index in [4.69, 9.17) is 4.42 Å². The topological polar surface area (TPSA) is 16.4 Å². The van der Waals surface area contributed by atoms with Crippen molar-refractivity contribution in [3.05, 3.63) is 173 Å². The molecule has 4 aliphatic carbocycles. The van der Waals surface area contributed by atoms with E-state index in [2.05, 4.69) is 151 Å². The standard InChI is InChI=1S/C43H37NO/c1-4-15-30(16-5-1)43(38-24-12-10-21-34(38)35-22-11-13-25-39(35)43)40-26-14-23-36-37-29-33(27-28-41(37)45-42(36)40)44(31-17-6-2-7-18-31)32-19-8-3-9-20-32/h1-8,10,12-19,21,23-25,27-29,35,39-40H,9,11,20,22,26H2. The van der Waals surface area contributed by atoms with Crippen molar-refractivity contribution in [2.45, 2.75) is 49.4 Å². The van der Waals surface area contributed by atoms with Gasteiger partial charge in [-0.3, -0.25) is 0 Å². The van der Waals surface area contributed by atoms with Crippen LogP contribution in [0.1, 0.15) is 72.0 Å². The molecule has 4 aromatic carbocycles. The largest absolute Gasteiger partial charge is 0.460 e. The van der Waals surface area contributed by atoms with Crippen LogP contribution < -0.4 is 4.90 Å². The number of furan rings is 1. The monoisotopic (exact) mass is 583 g/mol. The number of allylic oxidation sites excluding steroid dienone is 7. The second kappa shape index (κ2) is 10.7. The molecule has 0 bridgehead atoms. The molecule has 4 unspecified atom stereocenters. The zero-order valence-electron chi connectivity index (χ0n) is 25.5. The third-order valence-electron chi connectivity index (χ3n) is 10.8. The fraction of sp³-hybridized carbons (Fsp3) is 0.209. The quantitative estimate of drug-likeness (QED) is 0.191. The van der Waals surface area contributed by atoms with Crippen molar-refractivity contribution in [3.8, 4) is 0 Å². The summed E-state index contributed by atoms with van der Waals surface area (Å²) >= 11 is 0. The fourth-order valence-corrected chi connectivity index (χ4v) is 9.06. The van der Waals surface area contributed by atoms with Gasteiger partial charge in [0.05, 0.1) is 0 Å². The lowest BCUT2D eigenvalue weighted by molar-refractivity contribution is 0.269. The van der Waals surface area contributed by atoms with Crippen molar-refractivity contribution in [2.24, 2.45) is 5.92 Å². The Hall–Kier alpha value is -4.82. The maximum atomic E-state index is 7.02. The number of hydrogen-bond donors (Lipinski definition) is 0. The Labute approximate surface area is 265 Å². The molecule has 1 aromatic heterocycles. The average molecular weight is 584 g/mol. The minimum Gasteiger partial charge on any atom is -0.460 e. The van der Waals surface area contributed by atoms with Gasteiger partial charge in [-0.1, -0.05) is 109 Å². The van der Waals surface area contributed by atoms with Gasteiger partial charge in [-0.15, -0.1) is 0 Å². The SMILES string of the molecule is C1=CCCC(N(c2ccccc2)c2ccc3oc4c(c3c2)C=CCC4C2(c3ccccc3)c3ccccc3C3CCC=CC32)=C1. The van der Waals surface area contributed by atoms with Crippen LogP contribution in [0.15, 0.2) is 150 Å². The van der Waals surface area contributed by atoms with Gasteiger partial charge in [0.15, 0.2) is 0 Å². The van der Waals surface area contributed by atoms with E-state index in [1.54, 1.807) is 0 Å². The zero-order valence-corrected chi connectivity index (χ0v) is 25.5. The van der Waals surface area contributed by atoms with Gasteiger partial charge in [-0.05, 0) is 97.0 Å². The highest BCUT2D eigenvalue weighted by Gasteiger charge is 2.57. The minimum absolute atomic E-state index is 0.186. The molecule has 2 heteroatoms. The molecule has 5 aromatic rings. The molecule has 0 aliphatic heterocycles. The molecule has 1 heterocycles. The van der Waals surface area contributed by atoms with E-state index in [1.165, 1.54) is 51.1 Å². The Kier molecular flexibility index (Phi) is 6.30. The van der Waals surface area contributed by atoms with Gasteiger partial charge in [0.25, 0.3) is 0 Å². The van der Waals surface area contributed by atoms with Crippen molar-refractivity contribution in [3.63, 3.8) is 0 Å². The lowest BCUT2D eigenvalue weighted by atomic mass is 9.57. The minimum atomic E-state index is -0.203. The first-order chi connectivity index (χ1) is 22.3. The molecular weight excluding hydrogens is 546 g/mol. The first kappa shape index (κ1) is 26.6.